The Labute approximate surface area is 149 Å². The molecule has 1 aliphatic carbocycles. The molecule has 25 heavy (non-hydrogen) atoms. The molecule has 4 heteroatoms. The molecular formula is C21H26N2O2. The second-order valence-corrected chi connectivity index (χ2v) is 7.08. The number of aromatic nitrogens is 1. The van der Waals surface area contributed by atoms with Crippen LogP contribution in [0.3, 0.4) is 0 Å². The lowest BCUT2D eigenvalue weighted by molar-refractivity contribution is -0.127. The molecule has 1 atom stereocenters. The van der Waals surface area contributed by atoms with Crippen LogP contribution in [0.25, 0.3) is 0 Å². The van der Waals surface area contributed by atoms with E-state index in [1.165, 1.54) is 11.1 Å². The molecule has 1 saturated carbocycles. The highest BCUT2D eigenvalue weighted by Crippen LogP contribution is 2.28. The zero-order valence-electron chi connectivity index (χ0n) is 14.9. The first-order valence-corrected chi connectivity index (χ1v) is 9.00. The minimum Gasteiger partial charge on any atom is -0.393 e. The predicted octanol–water partition coefficient (Wildman–Crippen LogP) is 3.46. The molecule has 0 aliphatic heterocycles. The normalized spacial score (nSPS) is 21.6. The lowest BCUT2D eigenvalue weighted by atomic mass is 9.86. The smallest absolute Gasteiger partial charge is 0.223 e. The Morgan fingerprint density at radius 2 is 1.88 bits per heavy atom. The van der Waals surface area contributed by atoms with Gasteiger partial charge in [-0.15, -0.1) is 0 Å². The number of pyridine rings is 1. The zero-order chi connectivity index (χ0) is 17.8. The molecule has 1 amide bonds. The molecule has 132 valence electrons. The Bertz CT molecular complexity index is 722. The third-order valence-corrected chi connectivity index (χ3v) is 5.24. The van der Waals surface area contributed by atoms with E-state index in [4.69, 9.17) is 0 Å². The second-order valence-electron chi connectivity index (χ2n) is 7.08. The van der Waals surface area contributed by atoms with Gasteiger partial charge in [-0.05, 0) is 67.9 Å². The van der Waals surface area contributed by atoms with Crippen molar-refractivity contribution < 1.29 is 9.90 Å². The number of aryl methyl sites for hydroxylation is 2. The summed E-state index contributed by atoms with van der Waals surface area (Å²) in [5.41, 5.74) is 4.50. The summed E-state index contributed by atoms with van der Waals surface area (Å²) < 4.78 is 0. The number of carbonyl (C=O) groups excluding carboxylic acids is 1. The van der Waals surface area contributed by atoms with E-state index >= 15 is 0 Å². The minimum atomic E-state index is -0.252. The number of carbonyl (C=O) groups is 1. The van der Waals surface area contributed by atoms with Gasteiger partial charge in [0.2, 0.25) is 5.91 Å². The molecular weight excluding hydrogens is 312 g/mol. The Morgan fingerprint density at radius 3 is 2.52 bits per heavy atom. The Balaban J connectivity index is 1.84. The molecule has 0 saturated heterocycles. The van der Waals surface area contributed by atoms with Crippen molar-refractivity contribution in [2.75, 3.05) is 0 Å². The van der Waals surface area contributed by atoms with E-state index in [0.29, 0.717) is 12.8 Å². The van der Waals surface area contributed by atoms with E-state index in [1.807, 2.05) is 18.3 Å². The number of hydrogen-bond donors (Lipinski definition) is 2. The van der Waals surface area contributed by atoms with Crippen LogP contribution in [0.5, 0.6) is 0 Å². The Kier molecular flexibility index (Phi) is 5.49. The van der Waals surface area contributed by atoms with Gasteiger partial charge in [-0.1, -0.05) is 24.3 Å². The predicted molar refractivity (Wildman–Crippen MR) is 98.1 cm³/mol. The summed E-state index contributed by atoms with van der Waals surface area (Å²) >= 11 is 0. The molecule has 0 unspecified atom stereocenters. The number of nitrogens with zero attached hydrogens (tertiary/aromatic N) is 1. The van der Waals surface area contributed by atoms with Gasteiger partial charge in [0.25, 0.3) is 0 Å². The number of benzene rings is 1. The van der Waals surface area contributed by atoms with Crippen LogP contribution in [0.2, 0.25) is 0 Å². The van der Waals surface area contributed by atoms with E-state index in [0.717, 1.165) is 24.0 Å². The average Bonchev–Trinajstić information content (AvgIpc) is 2.63. The van der Waals surface area contributed by atoms with Crippen LogP contribution < -0.4 is 5.32 Å². The van der Waals surface area contributed by atoms with Gasteiger partial charge in [-0.25, -0.2) is 0 Å². The highest BCUT2D eigenvalue weighted by Gasteiger charge is 2.27. The molecule has 2 aromatic rings. The van der Waals surface area contributed by atoms with Crippen LogP contribution in [0.1, 0.15) is 54.0 Å². The summed E-state index contributed by atoms with van der Waals surface area (Å²) in [6, 6.07) is 10.00. The molecule has 1 fully saturated rings. The van der Waals surface area contributed by atoms with Crippen LogP contribution in [0.4, 0.5) is 0 Å². The molecule has 2 N–H and O–H groups in total. The maximum absolute atomic E-state index is 12.8. The van der Waals surface area contributed by atoms with Crippen molar-refractivity contribution >= 4 is 5.91 Å². The summed E-state index contributed by atoms with van der Waals surface area (Å²) in [4.78, 5) is 17.0. The molecule has 1 heterocycles. The second kappa shape index (κ2) is 7.79. The fraction of sp³-hybridized carbons (Fsp3) is 0.429. The summed E-state index contributed by atoms with van der Waals surface area (Å²) in [6.45, 7) is 4.17. The number of aliphatic hydroxyl groups excluding tert-OH is 1. The van der Waals surface area contributed by atoms with Gasteiger partial charge in [0.1, 0.15) is 0 Å². The van der Waals surface area contributed by atoms with E-state index in [9.17, 15) is 9.90 Å². The summed E-state index contributed by atoms with van der Waals surface area (Å²) in [5, 5.41) is 12.9. The third kappa shape index (κ3) is 4.26. The lowest BCUT2D eigenvalue weighted by Gasteiger charge is -2.27. The van der Waals surface area contributed by atoms with Crippen molar-refractivity contribution in [2.24, 2.45) is 5.92 Å². The molecule has 0 bridgehead atoms. The largest absolute Gasteiger partial charge is 0.393 e. The van der Waals surface area contributed by atoms with Crippen molar-refractivity contribution in [2.45, 2.75) is 51.7 Å². The van der Waals surface area contributed by atoms with E-state index < -0.39 is 0 Å². The Hall–Kier alpha value is -2.20. The van der Waals surface area contributed by atoms with Gasteiger partial charge < -0.3 is 10.4 Å². The van der Waals surface area contributed by atoms with Gasteiger partial charge >= 0.3 is 0 Å². The summed E-state index contributed by atoms with van der Waals surface area (Å²) in [7, 11) is 0. The molecule has 0 radical (unpaired) electrons. The fourth-order valence-electron chi connectivity index (χ4n) is 3.45. The van der Waals surface area contributed by atoms with E-state index in [1.54, 1.807) is 6.20 Å². The van der Waals surface area contributed by atoms with Crippen LogP contribution in [-0.2, 0) is 4.79 Å². The first kappa shape index (κ1) is 17.6. The van der Waals surface area contributed by atoms with Gasteiger partial charge in [0.15, 0.2) is 0 Å². The lowest BCUT2D eigenvalue weighted by Crippen LogP contribution is -2.37. The highest BCUT2D eigenvalue weighted by atomic mass is 16.3. The number of hydrogen-bond acceptors (Lipinski definition) is 3. The number of nitrogens with one attached hydrogen (secondary N) is 1. The van der Waals surface area contributed by atoms with Crippen LogP contribution >= 0.6 is 0 Å². The van der Waals surface area contributed by atoms with Crippen molar-refractivity contribution in [1.82, 2.24) is 10.3 Å². The highest BCUT2D eigenvalue weighted by molar-refractivity contribution is 5.79. The van der Waals surface area contributed by atoms with E-state index in [-0.39, 0.29) is 24.0 Å². The molecule has 1 aromatic heterocycles. The maximum atomic E-state index is 12.8. The van der Waals surface area contributed by atoms with Gasteiger partial charge in [-0.3, -0.25) is 9.78 Å². The fourth-order valence-corrected chi connectivity index (χ4v) is 3.45. The van der Waals surface area contributed by atoms with Crippen molar-refractivity contribution in [3.05, 3.63) is 65.0 Å². The summed E-state index contributed by atoms with van der Waals surface area (Å²) in [5.74, 6) is 0.0492. The molecule has 0 spiro atoms. The standard InChI is InChI=1S/C21H26N2O2/c1-14-5-6-17(12-15(14)2)20(18-4-3-11-22-13-18)23-21(25)16-7-9-19(24)10-8-16/h3-6,11-13,16,19-20,24H,7-10H2,1-2H3,(H,23,25)/t16?,19?,20-/m1/s1. The first-order chi connectivity index (χ1) is 12.0. The van der Waals surface area contributed by atoms with Gasteiger partial charge in [0.05, 0.1) is 12.1 Å². The number of aliphatic hydroxyl groups is 1. The van der Waals surface area contributed by atoms with Crippen LogP contribution in [0, 0.1) is 19.8 Å². The third-order valence-electron chi connectivity index (χ3n) is 5.24. The Morgan fingerprint density at radius 1 is 1.12 bits per heavy atom. The van der Waals surface area contributed by atoms with Crippen LogP contribution in [-0.4, -0.2) is 22.1 Å². The van der Waals surface area contributed by atoms with Crippen molar-refractivity contribution in [3.63, 3.8) is 0 Å². The maximum Gasteiger partial charge on any atom is 0.223 e. The van der Waals surface area contributed by atoms with Crippen molar-refractivity contribution in [3.8, 4) is 0 Å². The molecule has 4 nitrogen and oxygen atoms in total. The monoisotopic (exact) mass is 338 g/mol. The van der Waals surface area contributed by atoms with Crippen LogP contribution in [0.15, 0.2) is 42.7 Å². The number of rotatable bonds is 4. The molecule has 1 aliphatic rings. The topological polar surface area (TPSA) is 62.2 Å². The van der Waals surface area contributed by atoms with E-state index in [2.05, 4.69) is 42.3 Å². The average molecular weight is 338 g/mol. The molecule has 3 rings (SSSR count). The van der Waals surface area contributed by atoms with Gasteiger partial charge in [-0.2, -0.15) is 0 Å². The van der Waals surface area contributed by atoms with Crippen molar-refractivity contribution in [1.29, 1.82) is 0 Å². The molecule has 1 aromatic carbocycles. The SMILES string of the molecule is Cc1ccc([C@@H](NC(=O)C2CCC(O)CC2)c2cccnc2)cc1C. The number of amides is 1. The van der Waals surface area contributed by atoms with Gasteiger partial charge in [0, 0.05) is 18.3 Å². The summed E-state index contributed by atoms with van der Waals surface area (Å²) in [6.07, 6.45) is 6.21. The minimum absolute atomic E-state index is 0.0193. The zero-order valence-corrected chi connectivity index (χ0v) is 14.9. The quantitative estimate of drug-likeness (QED) is 0.897. The first-order valence-electron chi connectivity index (χ1n) is 9.00.